The van der Waals surface area contributed by atoms with Crippen molar-refractivity contribution in [3.63, 3.8) is 0 Å². The van der Waals surface area contributed by atoms with Crippen LogP contribution in [0.25, 0.3) is 11.0 Å². The summed E-state index contributed by atoms with van der Waals surface area (Å²) in [6, 6.07) is 25.7. The first kappa shape index (κ1) is 28.7. The van der Waals surface area contributed by atoms with E-state index in [0.717, 1.165) is 22.1 Å². The number of hydrogen-bond donors (Lipinski definition) is 1. The van der Waals surface area contributed by atoms with E-state index in [1.54, 1.807) is 43.5 Å². The SMILES string of the molecule is COc1cc(C2C(C#N)=C(N)Oc3cc(OC(=O)c4oc5ccc(C)cc5c4C)ccc32)ccc1OCc1ccc(Cl)cc1. The van der Waals surface area contributed by atoms with Crippen LogP contribution in [-0.2, 0) is 6.61 Å². The summed E-state index contributed by atoms with van der Waals surface area (Å²) in [7, 11) is 1.55. The number of carbonyl (C=O) groups is 1. The lowest BCUT2D eigenvalue weighted by molar-refractivity contribution is 0.0702. The van der Waals surface area contributed by atoms with Crippen molar-refractivity contribution in [2.24, 2.45) is 5.73 Å². The average molecular weight is 607 g/mol. The first-order valence-corrected chi connectivity index (χ1v) is 14.1. The van der Waals surface area contributed by atoms with Gasteiger partial charge in [0.2, 0.25) is 11.6 Å². The fraction of sp³-hybridized carbons (Fsp3) is 0.143. The first-order valence-electron chi connectivity index (χ1n) is 13.7. The molecule has 2 N–H and O–H groups in total. The highest BCUT2D eigenvalue weighted by Crippen LogP contribution is 2.45. The molecule has 0 saturated heterocycles. The number of furan rings is 1. The summed E-state index contributed by atoms with van der Waals surface area (Å²) < 4.78 is 29.0. The molecule has 1 unspecified atom stereocenters. The predicted octanol–water partition coefficient (Wildman–Crippen LogP) is 7.73. The Balaban J connectivity index is 1.28. The standard InChI is InChI=1S/C35H27ClN2O6/c1-19-4-12-28-26(14-19)20(2)33(43-28)35(39)42-24-10-11-25-30(16-24)44-34(38)27(17-37)32(25)22-7-13-29(31(15-22)40-3)41-18-21-5-8-23(36)9-6-21/h4-16,32H,18,38H2,1-3H3. The summed E-state index contributed by atoms with van der Waals surface area (Å²) in [5.41, 5.74) is 11.2. The summed E-state index contributed by atoms with van der Waals surface area (Å²) in [6.45, 7) is 4.11. The van der Waals surface area contributed by atoms with Gasteiger partial charge in [-0.25, -0.2) is 4.79 Å². The highest BCUT2D eigenvalue weighted by Gasteiger charge is 2.32. The van der Waals surface area contributed by atoms with Crippen LogP contribution >= 0.6 is 11.6 Å². The van der Waals surface area contributed by atoms with Gasteiger partial charge in [0.1, 0.15) is 35.3 Å². The molecule has 1 aromatic heterocycles. The van der Waals surface area contributed by atoms with E-state index in [2.05, 4.69) is 6.07 Å². The Bertz CT molecular complexity index is 1990. The normalized spacial score (nSPS) is 14.0. The largest absolute Gasteiger partial charge is 0.493 e. The second-order valence-corrected chi connectivity index (χ2v) is 10.8. The van der Waals surface area contributed by atoms with Gasteiger partial charge in [0.15, 0.2) is 11.5 Å². The molecule has 0 amide bonds. The van der Waals surface area contributed by atoms with E-state index in [1.165, 1.54) is 0 Å². The third-order valence-electron chi connectivity index (χ3n) is 7.51. The number of nitrogens with zero attached hydrogens (tertiary/aromatic N) is 1. The molecule has 5 aromatic rings. The van der Waals surface area contributed by atoms with Crippen LogP contribution < -0.4 is 24.7 Å². The highest BCUT2D eigenvalue weighted by atomic mass is 35.5. The lowest BCUT2D eigenvalue weighted by Crippen LogP contribution is -2.21. The van der Waals surface area contributed by atoms with Crippen LogP contribution in [0.4, 0.5) is 0 Å². The van der Waals surface area contributed by atoms with Gasteiger partial charge in [-0.1, -0.05) is 47.5 Å². The Morgan fingerprint density at radius 1 is 1.00 bits per heavy atom. The molecule has 0 bridgehead atoms. The topological polar surface area (TPSA) is 117 Å². The van der Waals surface area contributed by atoms with E-state index < -0.39 is 11.9 Å². The number of ether oxygens (including phenoxy) is 4. The molecule has 0 spiro atoms. The minimum absolute atomic E-state index is 0.0426. The number of carbonyl (C=O) groups excluding carboxylic acids is 1. The van der Waals surface area contributed by atoms with Crippen molar-refractivity contribution in [3.05, 3.63) is 129 Å². The Kier molecular flexibility index (Phi) is 7.64. The van der Waals surface area contributed by atoms with Gasteiger partial charge in [0.05, 0.1) is 13.0 Å². The van der Waals surface area contributed by atoms with Crippen molar-refractivity contribution in [1.82, 2.24) is 0 Å². The Labute approximate surface area is 258 Å². The maximum Gasteiger partial charge on any atom is 0.379 e. The minimum atomic E-state index is -0.635. The molecule has 44 heavy (non-hydrogen) atoms. The number of fused-ring (bicyclic) bond motifs is 2. The number of nitrogens with two attached hydrogens (primary N) is 1. The van der Waals surface area contributed by atoms with Crippen molar-refractivity contribution in [3.8, 4) is 29.1 Å². The van der Waals surface area contributed by atoms with E-state index in [0.29, 0.717) is 45.6 Å². The van der Waals surface area contributed by atoms with Gasteiger partial charge in [-0.2, -0.15) is 5.26 Å². The van der Waals surface area contributed by atoms with Crippen LogP contribution in [0.5, 0.6) is 23.0 Å². The van der Waals surface area contributed by atoms with Crippen molar-refractivity contribution in [2.75, 3.05) is 7.11 Å². The number of aryl methyl sites for hydroxylation is 2. The summed E-state index contributed by atoms with van der Waals surface area (Å²) in [4.78, 5) is 13.1. The fourth-order valence-electron chi connectivity index (χ4n) is 5.25. The van der Waals surface area contributed by atoms with Crippen LogP contribution in [0, 0.1) is 25.2 Å². The molecule has 0 saturated carbocycles. The van der Waals surface area contributed by atoms with Gasteiger partial charge in [-0.05, 0) is 67.4 Å². The summed E-state index contributed by atoms with van der Waals surface area (Å²) >= 11 is 5.99. The third kappa shape index (κ3) is 5.41. The summed E-state index contributed by atoms with van der Waals surface area (Å²) in [5, 5.41) is 11.5. The number of esters is 1. The minimum Gasteiger partial charge on any atom is -0.493 e. The number of hydrogen-bond acceptors (Lipinski definition) is 8. The van der Waals surface area contributed by atoms with Gasteiger partial charge in [-0.15, -0.1) is 0 Å². The lowest BCUT2D eigenvalue weighted by atomic mass is 9.83. The lowest BCUT2D eigenvalue weighted by Gasteiger charge is -2.27. The molecule has 0 radical (unpaired) electrons. The monoisotopic (exact) mass is 606 g/mol. The van der Waals surface area contributed by atoms with Crippen molar-refractivity contribution in [2.45, 2.75) is 26.4 Å². The molecule has 8 nitrogen and oxygen atoms in total. The molecule has 0 aliphatic carbocycles. The molecular formula is C35H27ClN2O6. The average Bonchev–Trinajstić information content (AvgIpc) is 3.35. The Morgan fingerprint density at radius 3 is 2.55 bits per heavy atom. The molecule has 9 heteroatoms. The molecule has 1 aliphatic rings. The van der Waals surface area contributed by atoms with E-state index in [9.17, 15) is 10.1 Å². The number of nitriles is 1. The zero-order valence-corrected chi connectivity index (χ0v) is 24.9. The summed E-state index contributed by atoms with van der Waals surface area (Å²) in [5.74, 6) is 0.501. The van der Waals surface area contributed by atoms with Crippen molar-refractivity contribution >= 4 is 28.5 Å². The number of benzene rings is 4. The molecule has 6 rings (SSSR count). The maximum absolute atomic E-state index is 13.1. The smallest absolute Gasteiger partial charge is 0.379 e. The maximum atomic E-state index is 13.1. The van der Waals surface area contributed by atoms with E-state index in [4.69, 9.17) is 40.7 Å². The van der Waals surface area contributed by atoms with Gasteiger partial charge in [-0.3, -0.25) is 0 Å². The molecule has 4 aromatic carbocycles. The van der Waals surface area contributed by atoms with Gasteiger partial charge in [0, 0.05) is 27.6 Å². The van der Waals surface area contributed by atoms with Crippen LogP contribution in [0.2, 0.25) is 5.02 Å². The molecule has 1 atom stereocenters. The number of halogens is 1. The first-order chi connectivity index (χ1) is 21.2. The Morgan fingerprint density at radius 2 is 1.80 bits per heavy atom. The number of allylic oxidation sites excluding steroid dienone is 1. The second-order valence-electron chi connectivity index (χ2n) is 10.4. The van der Waals surface area contributed by atoms with E-state index in [1.807, 2.05) is 56.3 Å². The predicted molar refractivity (Wildman–Crippen MR) is 165 cm³/mol. The van der Waals surface area contributed by atoms with Gasteiger partial charge >= 0.3 is 5.97 Å². The van der Waals surface area contributed by atoms with E-state index >= 15 is 0 Å². The molecule has 2 heterocycles. The van der Waals surface area contributed by atoms with Crippen molar-refractivity contribution < 1.29 is 28.2 Å². The zero-order chi connectivity index (χ0) is 31.0. The van der Waals surface area contributed by atoms with Gasteiger partial charge < -0.3 is 29.1 Å². The van der Waals surface area contributed by atoms with Crippen molar-refractivity contribution in [1.29, 1.82) is 5.26 Å². The Hall–Kier alpha value is -5.39. The quantitative estimate of drug-likeness (QED) is 0.148. The van der Waals surface area contributed by atoms with Crippen LogP contribution in [-0.4, -0.2) is 13.1 Å². The number of methoxy groups -OCH3 is 1. The van der Waals surface area contributed by atoms with Crippen LogP contribution in [0.15, 0.2) is 94.7 Å². The highest BCUT2D eigenvalue weighted by molar-refractivity contribution is 6.30. The van der Waals surface area contributed by atoms with Gasteiger partial charge in [0.25, 0.3) is 0 Å². The van der Waals surface area contributed by atoms with Crippen LogP contribution in [0.1, 0.15) is 44.3 Å². The third-order valence-corrected chi connectivity index (χ3v) is 7.76. The van der Waals surface area contributed by atoms with E-state index in [-0.39, 0.29) is 23.0 Å². The number of rotatable bonds is 7. The summed E-state index contributed by atoms with van der Waals surface area (Å²) in [6.07, 6.45) is 0. The zero-order valence-electron chi connectivity index (χ0n) is 24.1. The second kappa shape index (κ2) is 11.7. The molecule has 0 fully saturated rings. The molecular weight excluding hydrogens is 580 g/mol. The van der Waals surface area contributed by atoms with Crippen LogP contribution in [0.3, 0.4) is 0 Å². The molecule has 1 aliphatic heterocycles. The molecule has 220 valence electrons. The fourth-order valence-corrected chi connectivity index (χ4v) is 5.38.